The summed E-state index contributed by atoms with van der Waals surface area (Å²) in [5.74, 6) is 5.53. The minimum absolute atomic E-state index is 0.263. The van der Waals surface area contributed by atoms with E-state index in [1.54, 1.807) is 23.9 Å². The minimum atomic E-state index is -0.351. The summed E-state index contributed by atoms with van der Waals surface area (Å²) in [7, 11) is 0. The molecule has 21 heavy (non-hydrogen) atoms. The molecule has 108 valence electrons. The molecule has 0 bridgehead atoms. The maximum absolute atomic E-state index is 13.6. The van der Waals surface area contributed by atoms with Gasteiger partial charge in [-0.2, -0.15) is 0 Å². The van der Waals surface area contributed by atoms with Crippen LogP contribution in [0.15, 0.2) is 41.3 Å². The second-order valence-corrected chi connectivity index (χ2v) is 5.85. The van der Waals surface area contributed by atoms with Gasteiger partial charge >= 0.3 is 0 Å². The Morgan fingerprint density at radius 3 is 2.67 bits per heavy atom. The summed E-state index contributed by atoms with van der Waals surface area (Å²) in [5.41, 5.74) is 3.86. The molecule has 0 atom stereocenters. The molecule has 2 aromatic carbocycles. The first kappa shape index (κ1) is 15.6. The molecule has 0 unspecified atom stereocenters. The fourth-order valence-electron chi connectivity index (χ4n) is 2.02. The van der Waals surface area contributed by atoms with Gasteiger partial charge in [-0.3, -0.25) is 0 Å². The van der Waals surface area contributed by atoms with Gasteiger partial charge in [0.25, 0.3) is 0 Å². The third-order valence-electron chi connectivity index (χ3n) is 3.06. The first-order valence-electron chi connectivity index (χ1n) is 6.68. The monoisotopic (exact) mass is 300 g/mol. The summed E-state index contributed by atoms with van der Waals surface area (Å²) < 4.78 is 13.6. The lowest BCUT2D eigenvalue weighted by atomic mass is 10.1. The summed E-state index contributed by atoms with van der Waals surface area (Å²) >= 11 is 1.73. The highest BCUT2D eigenvalue weighted by molar-refractivity contribution is 7.98. The Morgan fingerprint density at radius 1 is 1.14 bits per heavy atom. The minimum Gasteiger partial charge on any atom is -0.384 e. The zero-order chi connectivity index (χ0) is 15.2. The summed E-state index contributed by atoms with van der Waals surface area (Å²) in [6, 6.07) is 11.3. The van der Waals surface area contributed by atoms with E-state index in [0.717, 1.165) is 11.3 Å². The number of benzene rings is 2. The smallest absolute Gasteiger partial charge is 0.138 e. The standard InChI is InChI=1S/C18H17FOS/c1-13-5-8-18(14(2)10-13)21-12-15-6-7-17(19)16(11-15)4-3-9-20/h5-8,10-11,20H,9,12H2,1-2H3. The SMILES string of the molecule is Cc1ccc(SCc2ccc(F)c(C#CCO)c2)c(C)c1. The molecule has 0 aliphatic rings. The zero-order valence-corrected chi connectivity index (χ0v) is 12.9. The number of aryl methyl sites for hydroxylation is 2. The fraction of sp³-hybridized carbons (Fsp3) is 0.222. The van der Waals surface area contributed by atoms with E-state index in [1.165, 1.54) is 22.1 Å². The molecule has 0 spiro atoms. The van der Waals surface area contributed by atoms with Gasteiger partial charge in [-0.1, -0.05) is 35.6 Å². The van der Waals surface area contributed by atoms with Crippen molar-refractivity contribution in [2.75, 3.05) is 6.61 Å². The largest absolute Gasteiger partial charge is 0.384 e. The molecule has 3 heteroatoms. The Hall–Kier alpha value is -1.76. The average molecular weight is 300 g/mol. The van der Waals surface area contributed by atoms with Crippen molar-refractivity contribution in [1.29, 1.82) is 0 Å². The number of halogens is 1. The van der Waals surface area contributed by atoms with E-state index < -0.39 is 0 Å². The van der Waals surface area contributed by atoms with Crippen LogP contribution in [0.1, 0.15) is 22.3 Å². The van der Waals surface area contributed by atoms with Crippen molar-refractivity contribution in [2.45, 2.75) is 24.5 Å². The van der Waals surface area contributed by atoms with Crippen molar-refractivity contribution in [3.05, 3.63) is 64.5 Å². The highest BCUT2D eigenvalue weighted by Crippen LogP contribution is 2.27. The van der Waals surface area contributed by atoms with Gasteiger partial charge in [0, 0.05) is 10.6 Å². The van der Waals surface area contributed by atoms with Gasteiger partial charge in [0.1, 0.15) is 12.4 Å². The zero-order valence-electron chi connectivity index (χ0n) is 12.1. The Balaban J connectivity index is 2.13. The van der Waals surface area contributed by atoms with Crippen molar-refractivity contribution in [1.82, 2.24) is 0 Å². The van der Waals surface area contributed by atoms with Gasteiger partial charge in [-0.05, 0) is 43.2 Å². The Morgan fingerprint density at radius 2 is 1.95 bits per heavy atom. The van der Waals surface area contributed by atoms with Crippen molar-refractivity contribution in [3.8, 4) is 11.8 Å². The van der Waals surface area contributed by atoms with E-state index in [2.05, 4.69) is 43.9 Å². The van der Waals surface area contributed by atoms with Gasteiger partial charge in [-0.15, -0.1) is 11.8 Å². The molecule has 0 radical (unpaired) electrons. The van der Waals surface area contributed by atoms with E-state index in [9.17, 15) is 4.39 Å². The Bertz CT molecular complexity index is 698. The van der Waals surface area contributed by atoms with Crippen molar-refractivity contribution < 1.29 is 9.50 Å². The first-order chi connectivity index (χ1) is 10.1. The maximum atomic E-state index is 13.6. The quantitative estimate of drug-likeness (QED) is 0.681. The summed E-state index contributed by atoms with van der Waals surface area (Å²) in [6.45, 7) is 3.91. The summed E-state index contributed by atoms with van der Waals surface area (Å²) in [5, 5.41) is 8.69. The first-order valence-corrected chi connectivity index (χ1v) is 7.67. The predicted octanol–water partition coefficient (Wildman–Crippen LogP) is 4.08. The second kappa shape index (κ2) is 7.31. The van der Waals surface area contributed by atoms with Crippen LogP contribution in [0, 0.1) is 31.5 Å². The molecule has 0 aliphatic carbocycles. The fourth-order valence-corrected chi connectivity index (χ4v) is 2.97. The van der Waals surface area contributed by atoms with Crippen LogP contribution in [0.25, 0.3) is 0 Å². The molecule has 0 amide bonds. The van der Waals surface area contributed by atoms with Crippen LogP contribution in [0.4, 0.5) is 4.39 Å². The number of rotatable bonds is 3. The third kappa shape index (κ3) is 4.35. The number of aliphatic hydroxyl groups is 1. The van der Waals surface area contributed by atoms with E-state index in [4.69, 9.17) is 5.11 Å². The summed E-state index contributed by atoms with van der Waals surface area (Å²) in [6.07, 6.45) is 0. The Kier molecular flexibility index (Phi) is 5.44. The lowest BCUT2D eigenvalue weighted by Crippen LogP contribution is -1.89. The van der Waals surface area contributed by atoms with Crippen LogP contribution in [0.3, 0.4) is 0 Å². The molecule has 0 fully saturated rings. The molecule has 1 nitrogen and oxygen atoms in total. The van der Waals surface area contributed by atoms with Gasteiger partial charge in [0.05, 0.1) is 5.56 Å². The molecule has 0 aromatic heterocycles. The molecule has 0 heterocycles. The molecular weight excluding hydrogens is 283 g/mol. The molecule has 0 saturated heterocycles. The molecule has 1 N–H and O–H groups in total. The van der Waals surface area contributed by atoms with Crippen LogP contribution in [0.5, 0.6) is 0 Å². The molecular formula is C18H17FOS. The topological polar surface area (TPSA) is 20.2 Å². The molecule has 0 saturated carbocycles. The van der Waals surface area contributed by atoms with Crippen LogP contribution >= 0.6 is 11.8 Å². The lowest BCUT2D eigenvalue weighted by Gasteiger charge is -2.07. The van der Waals surface area contributed by atoms with Gasteiger partial charge in [0.15, 0.2) is 0 Å². The highest BCUT2D eigenvalue weighted by atomic mass is 32.2. The molecule has 2 aromatic rings. The third-order valence-corrected chi connectivity index (χ3v) is 4.30. The van der Waals surface area contributed by atoms with Crippen molar-refractivity contribution >= 4 is 11.8 Å². The molecule has 0 aliphatic heterocycles. The van der Waals surface area contributed by atoms with Crippen molar-refractivity contribution in [2.24, 2.45) is 0 Å². The van der Waals surface area contributed by atoms with Gasteiger partial charge in [-0.25, -0.2) is 4.39 Å². The average Bonchev–Trinajstić information content (AvgIpc) is 2.46. The highest BCUT2D eigenvalue weighted by Gasteiger charge is 2.04. The van der Waals surface area contributed by atoms with Gasteiger partial charge < -0.3 is 5.11 Å². The lowest BCUT2D eigenvalue weighted by molar-refractivity contribution is 0.350. The van der Waals surface area contributed by atoms with Crippen LogP contribution < -0.4 is 0 Å². The normalized spacial score (nSPS) is 10.1. The number of hydrogen-bond acceptors (Lipinski definition) is 2. The summed E-state index contributed by atoms with van der Waals surface area (Å²) in [4.78, 5) is 1.23. The van der Waals surface area contributed by atoms with E-state index in [-0.39, 0.29) is 12.4 Å². The second-order valence-electron chi connectivity index (χ2n) is 4.83. The number of thioether (sulfide) groups is 1. The van der Waals surface area contributed by atoms with E-state index >= 15 is 0 Å². The predicted molar refractivity (Wildman–Crippen MR) is 85.8 cm³/mol. The Labute approximate surface area is 129 Å². The maximum Gasteiger partial charge on any atom is 0.138 e. The number of hydrogen-bond donors (Lipinski definition) is 1. The van der Waals surface area contributed by atoms with Crippen molar-refractivity contribution in [3.63, 3.8) is 0 Å². The van der Waals surface area contributed by atoms with Crippen LogP contribution in [-0.2, 0) is 5.75 Å². The molecule has 2 rings (SSSR count). The van der Waals surface area contributed by atoms with Crippen LogP contribution in [0.2, 0.25) is 0 Å². The van der Waals surface area contributed by atoms with E-state index in [0.29, 0.717) is 5.56 Å². The van der Waals surface area contributed by atoms with Gasteiger partial charge in [0.2, 0.25) is 0 Å². The van der Waals surface area contributed by atoms with E-state index in [1.807, 2.05) is 0 Å². The van der Waals surface area contributed by atoms with Crippen LogP contribution in [-0.4, -0.2) is 11.7 Å². The number of aliphatic hydroxyl groups excluding tert-OH is 1.